The highest BCUT2D eigenvalue weighted by Gasteiger charge is 2.21. The molecule has 3 radical (unpaired) electrons. The Morgan fingerprint density at radius 3 is 2.54 bits per heavy atom. The Labute approximate surface area is 82.8 Å². The van der Waals surface area contributed by atoms with Crippen molar-refractivity contribution in [3.05, 3.63) is 34.9 Å². The average molecular weight is 186 g/mol. The second kappa shape index (κ2) is 3.35. The van der Waals surface area contributed by atoms with Crippen LogP contribution in [-0.2, 0) is 5.04 Å². The van der Waals surface area contributed by atoms with Crippen LogP contribution in [0.1, 0.15) is 23.6 Å². The Hall–Kier alpha value is -1.07. The molecule has 0 amide bonds. The lowest BCUT2D eigenvalue weighted by Gasteiger charge is -2.19. The second-order valence-electron chi connectivity index (χ2n) is 3.48. The fourth-order valence-corrected chi connectivity index (χ4v) is 1.62. The fraction of sp³-hybridized carbons (Fsp3) is 0.364. The molecule has 0 aliphatic heterocycles. The van der Waals surface area contributed by atoms with Crippen molar-refractivity contribution in [3.63, 3.8) is 0 Å². The van der Waals surface area contributed by atoms with Crippen LogP contribution in [-0.4, -0.2) is 10.2 Å². The summed E-state index contributed by atoms with van der Waals surface area (Å²) in [5.74, 6) is 0. The molecule has 1 unspecified atom stereocenters. The molecule has 0 aromatic heterocycles. The molecule has 0 bridgehead atoms. The minimum atomic E-state index is -0.573. The molecule has 0 fully saturated rings. The van der Waals surface area contributed by atoms with E-state index in [0.29, 0.717) is 0 Å². The second-order valence-corrected chi connectivity index (χ2v) is 4.48. The number of hydrogen-bond acceptors (Lipinski definition) is 1. The molecule has 1 aromatic rings. The van der Waals surface area contributed by atoms with Crippen molar-refractivity contribution in [3.8, 4) is 6.07 Å². The number of rotatable bonds is 1. The molecule has 2 heteroatoms. The highest BCUT2D eigenvalue weighted by molar-refractivity contribution is 6.17. The van der Waals surface area contributed by atoms with Crippen molar-refractivity contribution in [1.29, 1.82) is 5.26 Å². The highest BCUT2D eigenvalue weighted by Crippen LogP contribution is 2.24. The van der Waals surface area contributed by atoms with E-state index < -0.39 is 5.04 Å². The van der Waals surface area contributed by atoms with E-state index in [2.05, 4.69) is 29.3 Å². The Morgan fingerprint density at radius 1 is 1.38 bits per heavy atom. The summed E-state index contributed by atoms with van der Waals surface area (Å²) in [5, 5.41) is 8.39. The van der Waals surface area contributed by atoms with Crippen LogP contribution in [0.5, 0.6) is 0 Å². The van der Waals surface area contributed by atoms with E-state index in [0.717, 1.165) is 5.56 Å². The van der Waals surface area contributed by atoms with Crippen LogP contribution in [0.15, 0.2) is 18.2 Å². The molecule has 0 aliphatic carbocycles. The van der Waals surface area contributed by atoms with Crippen molar-refractivity contribution in [2.75, 3.05) is 0 Å². The molecular weight excluding hydrogens is 174 g/mol. The summed E-state index contributed by atoms with van der Waals surface area (Å²) in [5.41, 5.74) is 3.45. The van der Waals surface area contributed by atoms with Crippen LogP contribution in [0.4, 0.5) is 0 Å². The maximum Gasteiger partial charge on any atom is 0.0692 e. The molecule has 1 aromatic carbocycles. The van der Waals surface area contributed by atoms with Gasteiger partial charge in [0.05, 0.1) is 21.3 Å². The molecule has 1 rings (SSSR count). The first-order valence-electron chi connectivity index (χ1n) is 4.22. The van der Waals surface area contributed by atoms with Crippen molar-refractivity contribution in [2.45, 2.75) is 25.8 Å². The lowest BCUT2D eigenvalue weighted by molar-refractivity contribution is 0.863. The van der Waals surface area contributed by atoms with Gasteiger partial charge in [-0.05, 0) is 37.5 Å². The molecule has 13 heavy (non-hydrogen) atoms. The number of nitriles is 1. The van der Waals surface area contributed by atoms with Gasteiger partial charge < -0.3 is 0 Å². The van der Waals surface area contributed by atoms with Gasteiger partial charge in [0.1, 0.15) is 0 Å². The van der Waals surface area contributed by atoms with E-state index in [-0.39, 0.29) is 0 Å². The minimum Gasteiger partial charge on any atom is -0.198 e. The maximum absolute atomic E-state index is 8.96. The van der Waals surface area contributed by atoms with Gasteiger partial charge in [-0.1, -0.05) is 18.2 Å². The summed E-state index contributed by atoms with van der Waals surface area (Å²) in [6, 6.07) is 8.26. The Kier molecular flexibility index (Phi) is 2.58. The molecule has 0 N–H and O–H groups in total. The van der Waals surface area contributed by atoms with Crippen LogP contribution in [0, 0.1) is 25.2 Å². The molecule has 0 aliphatic rings. The number of aryl methyl sites for hydroxylation is 1. The van der Waals surface area contributed by atoms with Gasteiger partial charge in [-0.2, -0.15) is 5.26 Å². The lowest BCUT2D eigenvalue weighted by atomic mass is 9.94. The monoisotopic (exact) mass is 186 g/mol. The minimum absolute atomic E-state index is 0.573. The third-order valence-corrected chi connectivity index (χ3v) is 2.75. The van der Waals surface area contributed by atoms with Gasteiger partial charge in [0, 0.05) is 0 Å². The maximum atomic E-state index is 8.96. The highest BCUT2D eigenvalue weighted by atomic mass is 28.1. The van der Waals surface area contributed by atoms with Gasteiger partial charge >= 0.3 is 0 Å². The van der Waals surface area contributed by atoms with Crippen molar-refractivity contribution in [2.24, 2.45) is 0 Å². The molecule has 65 valence electrons. The smallest absolute Gasteiger partial charge is 0.0692 e. The summed E-state index contributed by atoms with van der Waals surface area (Å²) in [4.78, 5) is 0. The molecule has 0 saturated heterocycles. The van der Waals surface area contributed by atoms with E-state index in [1.165, 1.54) is 11.1 Å². The summed E-state index contributed by atoms with van der Waals surface area (Å²) >= 11 is 0. The first kappa shape index (κ1) is 10.0. The van der Waals surface area contributed by atoms with Crippen molar-refractivity contribution >= 4 is 10.2 Å². The van der Waals surface area contributed by atoms with Gasteiger partial charge in [-0.25, -0.2) is 0 Å². The first-order chi connectivity index (χ1) is 5.99. The quantitative estimate of drug-likeness (QED) is 0.617. The molecule has 1 atom stereocenters. The molecule has 0 spiro atoms. The van der Waals surface area contributed by atoms with E-state index in [1.54, 1.807) is 0 Å². The van der Waals surface area contributed by atoms with Crippen LogP contribution >= 0.6 is 0 Å². The standard InChI is InChI=1S/C11H12NSi/c1-8-5-4-6-10(9(8)2)11(3,13)7-12/h4-6H,1-3H3. The third kappa shape index (κ3) is 1.81. The fourth-order valence-electron chi connectivity index (χ4n) is 1.35. The van der Waals surface area contributed by atoms with Crippen molar-refractivity contribution < 1.29 is 0 Å². The first-order valence-corrected chi connectivity index (χ1v) is 4.72. The average Bonchev–Trinajstić information content (AvgIpc) is 2.09. The van der Waals surface area contributed by atoms with Gasteiger partial charge in [0.15, 0.2) is 0 Å². The van der Waals surface area contributed by atoms with Crippen LogP contribution < -0.4 is 0 Å². The molecule has 1 nitrogen and oxygen atoms in total. The van der Waals surface area contributed by atoms with E-state index >= 15 is 0 Å². The van der Waals surface area contributed by atoms with E-state index in [1.807, 2.05) is 26.0 Å². The lowest BCUT2D eigenvalue weighted by Crippen LogP contribution is -2.20. The molecule has 0 heterocycles. The summed E-state index contributed by atoms with van der Waals surface area (Å²) in [6.45, 7) is 5.96. The van der Waals surface area contributed by atoms with Gasteiger partial charge in [-0.3, -0.25) is 0 Å². The molecule has 0 saturated carbocycles. The zero-order valence-corrected chi connectivity index (χ0v) is 9.18. The summed E-state index contributed by atoms with van der Waals surface area (Å²) in [6.07, 6.45) is 0. The predicted molar refractivity (Wildman–Crippen MR) is 54.6 cm³/mol. The summed E-state index contributed by atoms with van der Waals surface area (Å²) < 4.78 is 0. The zero-order chi connectivity index (χ0) is 10.1. The van der Waals surface area contributed by atoms with E-state index in [9.17, 15) is 0 Å². The SMILES string of the molecule is Cc1cccc(C(C)([Si])C#N)c1C. The number of benzene rings is 1. The topological polar surface area (TPSA) is 23.8 Å². The Morgan fingerprint density at radius 2 is 2.00 bits per heavy atom. The normalized spacial score (nSPS) is 14.7. The van der Waals surface area contributed by atoms with Gasteiger partial charge in [0.25, 0.3) is 0 Å². The van der Waals surface area contributed by atoms with Gasteiger partial charge in [-0.15, -0.1) is 0 Å². The zero-order valence-electron chi connectivity index (χ0n) is 8.18. The third-order valence-electron chi connectivity index (χ3n) is 2.37. The largest absolute Gasteiger partial charge is 0.198 e. The summed E-state index contributed by atoms with van der Waals surface area (Å²) in [7, 11) is 3.47. The number of hydrogen-bond donors (Lipinski definition) is 0. The van der Waals surface area contributed by atoms with E-state index in [4.69, 9.17) is 5.26 Å². The van der Waals surface area contributed by atoms with Crippen LogP contribution in [0.25, 0.3) is 0 Å². The number of nitrogens with zero attached hydrogens (tertiary/aromatic N) is 1. The van der Waals surface area contributed by atoms with Gasteiger partial charge in [0.2, 0.25) is 0 Å². The van der Waals surface area contributed by atoms with Crippen LogP contribution in [0.2, 0.25) is 0 Å². The molecular formula is C11H12NSi. The Balaban J connectivity index is 3.33. The van der Waals surface area contributed by atoms with Crippen molar-refractivity contribution in [1.82, 2.24) is 0 Å². The van der Waals surface area contributed by atoms with Crippen LogP contribution in [0.3, 0.4) is 0 Å². The Bertz CT molecular complexity index is 361. The predicted octanol–water partition coefficient (Wildman–Crippen LogP) is 2.21.